The molecule has 2 nitrogen and oxygen atoms in total. The molecule has 0 aromatic heterocycles. The van der Waals surface area contributed by atoms with Gasteiger partial charge in [0.05, 0.1) is 14.1 Å². The lowest BCUT2D eigenvalue weighted by atomic mass is 10.1. The molecule has 0 heterocycles. The van der Waals surface area contributed by atoms with Crippen LogP contribution < -0.4 is 10.6 Å². The lowest BCUT2D eigenvalue weighted by molar-refractivity contribution is -0.870. The maximum atomic E-state index is 4.13. The van der Waals surface area contributed by atoms with Crippen molar-refractivity contribution in [1.29, 1.82) is 0 Å². The standard InChI is InChI=1S/C10H16N2/c1-12(2)8-10(11)9-6-4-3-5-7-9/h3-7,10H,8,11H2,1-2H3/p+2/t10-/m1/s1. The van der Waals surface area contributed by atoms with Crippen LogP contribution in [0.3, 0.4) is 0 Å². The van der Waals surface area contributed by atoms with Crippen LogP contribution in [0.25, 0.3) is 0 Å². The van der Waals surface area contributed by atoms with E-state index in [4.69, 9.17) is 0 Å². The van der Waals surface area contributed by atoms with Gasteiger partial charge in [-0.1, -0.05) is 30.3 Å². The summed E-state index contributed by atoms with van der Waals surface area (Å²) in [5.41, 5.74) is 5.46. The number of rotatable bonds is 3. The normalized spacial score (nSPS) is 13.3. The van der Waals surface area contributed by atoms with E-state index in [0.29, 0.717) is 6.04 Å². The van der Waals surface area contributed by atoms with Crippen molar-refractivity contribution in [3.05, 3.63) is 35.9 Å². The molecule has 0 aliphatic carbocycles. The predicted octanol–water partition coefficient (Wildman–Crippen LogP) is -0.886. The highest BCUT2D eigenvalue weighted by molar-refractivity contribution is 5.16. The number of hydrogen-bond acceptors (Lipinski definition) is 0. The zero-order valence-electron chi connectivity index (χ0n) is 7.88. The summed E-state index contributed by atoms with van der Waals surface area (Å²) in [4.78, 5) is 1.44. The molecule has 0 unspecified atom stereocenters. The molecule has 66 valence electrons. The lowest BCUT2D eigenvalue weighted by Crippen LogP contribution is -3.07. The molecular weight excluding hydrogens is 148 g/mol. The van der Waals surface area contributed by atoms with Gasteiger partial charge in [0, 0.05) is 5.56 Å². The van der Waals surface area contributed by atoms with E-state index < -0.39 is 0 Å². The molecule has 1 atom stereocenters. The Morgan fingerprint density at radius 3 is 2.33 bits per heavy atom. The van der Waals surface area contributed by atoms with Crippen LogP contribution in [0, 0.1) is 0 Å². The van der Waals surface area contributed by atoms with Crippen molar-refractivity contribution in [3.8, 4) is 0 Å². The summed E-state index contributed by atoms with van der Waals surface area (Å²) in [6, 6.07) is 10.9. The second-order valence-electron chi connectivity index (χ2n) is 3.52. The van der Waals surface area contributed by atoms with Crippen LogP contribution >= 0.6 is 0 Å². The van der Waals surface area contributed by atoms with Crippen molar-refractivity contribution in [2.45, 2.75) is 6.04 Å². The summed E-state index contributed by atoms with van der Waals surface area (Å²) in [5.74, 6) is 0. The Bertz CT molecular complexity index is 219. The molecule has 12 heavy (non-hydrogen) atoms. The Hall–Kier alpha value is -0.860. The van der Waals surface area contributed by atoms with E-state index in [2.05, 4.69) is 44.1 Å². The highest BCUT2D eigenvalue weighted by Crippen LogP contribution is 2.04. The first-order valence-electron chi connectivity index (χ1n) is 4.37. The maximum Gasteiger partial charge on any atom is 0.159 e. The number of benzene rings is 1. The fraction of sp³-hybridized carbons (Fsp3) is 0.400. The Morgan fingerprint density at radius 1 is 1.25 bits per heavy atom. The van der Waals surface area contributed by atoms with Gasteiger partial charge in [0.25, 0.3) is 0 Å². The van der Waals surface area contributed by atoms with Crippen LogP contribution in [-0.2, 0) is 0 Å². The van der Waals surface area contributed by atoms with E-state index in [1.54, 1.807) is 0 Å². The van der Waals surface area contributed by atoms with E-state index >= 15 is 0 Å². The summed E-state index contributed by atoms with van der Waals surface area (Å²) in [7, 11) is 4.31. The molecule has 2 heteroatoms. The van der Waals surface area contributed by atoms with Crippen LogP contribution in [0.15, 0.2) is 30.3 Å². The minimum atomic E-state index is 0.413. The molecule has 0 saturated heterocycles. The molecule has 0 radical (unpaired) electrons. The summed E-state index contributed by atoms with van der Waals surface area (Å²) in [5, 5.41) is 0. The van der Waals surface area contributed by atoms with Crippen LogP contribution in [0.1, 0.15) is 11.6 Å². The first-order chi connectivity index (χ1) is 5.70. The lowest BCUT2D eigenvalue weighted by Gasteiger charge is -2.11. The number of likely N-dealkylation sites (N-methyl/N-ethyl adjacent to an activating group) is 1. The molecule has 0 fully saturated rings. The summed E-state index contributed by atoms with van der Waals surface area (Å²) < 4.78 is 0. The summed E-state index contributed by atoms with van der Waals surface area (Å²) >= 11 is 0. The third-order valence-corrected chi connectivity index (χ3v) is 1.93. The van der Waals surface area contributed by atoms with E-state index in [1.807, 2.05) is 6.07 Å². The molecule has 1 rings (SSSR count). The quantitative estimate of drug-likeness (QED) is 0.584. The van der Waals surface area contributed by atoms with Gasteiger partial charge in [-0.25, -0.2) is 0 Å². The molecule has 0 aliphatic heterocycles. The van der Waals surface area contributed by atoms with Crippen molar-refractivity contribution in [2.24, 2.45) is 0 Å². The van der Waals surface area contributed by atoms with Crippen molar-refractivity contribution in [3.63, 3.8) is 0 Å². The van der Waals surface area contributed by atoms with Gasteiger partial charge < -0.3 is 10.6 Å². The van der Waals surface area contributed by atoms with Crippen LogP contribution in [0.5, 0.6) is 0 Å². The van der Waals surface area contributed by atoms with Gasteiger partial charge in [-0.3, -0.25) is 0 Å². The van der Waals surface area contributed by atoms with Crippen molar-refractivity contribution >= 4 is 0 Å². The Morgan fingerprint density at radius 2 is 1.83 bits per heavy atom. The van der Waals surface area contributed by atoms with Crippen molar-refractivity contribution < 1.29 is 10.6 Å². The third-order valence-electron chi connectivity index (χ3n) is 1.93. The van der Waals surface area contributed by atoms with Crippen LogP contribution in [-0.4, -0.2) is 20.6 Å². The number of quaternary nitrogens is 2. The molecule has 0 amide bonds. The Balaban J connectivity index is 2.59. The van der Waals surface area contributed by atoms with E-state index in [0.717, 1.165) is 6.54 Å². The molecule has 1 aromatic rings. The molecular formula is C10H18N2+2. The maximum absolute atomic E-state index is 4.13. The van der Waals surface area contributed by atoms with Gasteiger partial charge >= 0.3 is 0 Å². The Labute approximate surface area is 74.0 Å². The second kappa shape index (κ2) is 4.24. The predicted molar refractivity (Wildman–Crippen MR) is 49.7 cm³/mol. The smallest absolute Gasteiger partial charge is 0.159 e. The second-order valence-corrected chi connectivity index (χ2v) is 3.52. The highest BCUT2D eigenvalue weighted by atomic mass is 15.1. The molecule has 0 aliphatic rings. The topological polar surface area (TPSA) is 32.1 Å². The van der Waals surface area contributed by atoms with Crippen molar-refractivity contribution in [1.82, 2.24) is 0 Å². The monoisotopic (exact) mass is 166 g/mol. The molecule has 4 N–H and O–H groups in total. The van der Waals surface area contributed by atoms with Gasteiger partial charge in [-0.2, -0.15) is 0 Å². The zero-order chi connectivity index (χ0) is 8.97. The fourth-order valence-electron chi connectivity index (χ4n) is 1.34. The third kappa shape index (κ3) is 2.64. The fourth-order valence-corrected chi connectivity index (χ4v) is 1.34. The average molecular weight is 166 g/mol. The minimum Gasteiger partial charge on any atom is -0.347 e. The molecule has 0 saturated carbocycles. The molecule has 1 aromatic carbocycles. The van der Waals surface area contributed by atoms with E-state index in [-0.39, 0.29) is 0 Å². The summed E-state index contributed by atoms with van der Waals surface area (Å²) in [6.07, 6.45) is 0. The van der Waals surface area contributed by atoms with Crippen LogP contribution in [0.4, 0.5) is 0 Å². The minimum absolute atomic E-state index is 0.413. The van der Waals surface area contributed by atoms with Crippen LogP contribution in [0.2, 0.25) is 0 Å². The van der Waals surface area contributed by atoms with Crippen molar-refractivity contribution in [2.75, 3.05) is 20.6 Å². The van der Waals surface area contributed by atoms with Gasteiger partial charge in [-0.15, -0.1) is 0 Å². The largest absolute Gasteiger partial charge is 0.347 e. The van der Waals surface area contributed by atoms with E-state index in [1.165, 1.54) is 10.5 Å². The SMILES string of the molecule is C[NH+](C)C[C@@H]([NH3+])c1ccccc1. The highest BCUT2D eigenvalue weighted by Gasteiger charge is 2.11. The first-order valence-corrected chi connectivity index (χ1v) is 4.37. The van der Waals surface area contributed by atoms with Gasteiger partial charge in [0.1, 0.15) is 6.54 Å². The first kappa shape index (κ1) is 9.23. The Kier molecular flexibility index (Phi) is 3.26. The van der Waals surface area contributed by atoms with Gasteiger partial charge in [-0.05, 0) is 0 Å². The number of nitrogens with one attached hydrogen (secondary N) is 1. The average Bonchev–Trinajstić information content (AvgIpc) is 2.05. The molecule has 0 bridgehead atoms. The number of hydrogen-bond donors (Lipinski definition) is 2. The van der Waals surface area contributed by atoms with Gasteiger partial charge in [0.15, 0.2) is 6.04 Å². The summed E-state index contributed by atoms with van der Waals surface area (Å²) in [6.45, 7) is 1.09. The zero-order valence-corrected chi connectivity index (χ0v) is 7.88. The molecule has 0 spiro atoms. The van der Waals surface area contributed by atoms with E-state index in [9.17, 15) is 0 Å². The van der Waals surface area contributed by atoms with Gasteiger partial charge in [0.2, 0.25) is 0 Å².